The van der Waals surface area contributed by atoms with Crippen LogP contribution < -0.4 is 5.32 Å². The fourth-order valence-corrected chi connectivity index (χ4v) is 2.64. The SMILES string of the molecule is O=C(NC1CCOCC1)N1CCC(n2nccn2)C1. The first-order valence-corrected chi connectivity index (χ1v) is 6.82. The Bertz CT molecular complexity index is 416. The maximum Gasteiger partial charge on any atom is 0.317 e. The van der Waals surface area contributed by atoms with Crippen molar-refractivity contribution in [2.24, 2.45) is 0 Å². The van der Waals surface area contributed by atoms with Gasteiger partial charge in [-0.15, -0.1) is 0 Å². The van der Waals surface area contributed by atoms with Crippen LogP contribution in [0, 0.1) is 0 Å². The van der Waals surface area contributed by atoms with Crippen molar-refractivity contribution >= 4 is 6.03 Å². The van der Waals surface area contributed by atoms with Crippen molar-refractivity contribution in [1.82, 2.24) is 25.2 Å². The number of nitrogens with zero attached hydrogens (tertiary/aromatic N) is 4. The second kappa shape index (κ2) is 5.56. The Kier molecular flexibility index (Phi) is 3.63. The van der Waals surface area contributed by atoms with Crippen molar-refractivity contribution in [2.75, 3.05) is 26.3 Å². The summed E-state index contributed by atoms with van der Waals surface area (Å²) in [4.78, 5) is 15.7. The molecule has 104 valence electrons. The highest BCUT2D eigenvalue weighted by molar-refractivity contribution is 5.74. The third-order valence-corrected chi connectivity index (χ3v) is 3.76. The lowest BCUT2D eigenvalue weighted by Gasteiger charge is -2.26. The summed E-state index contributed by atoms with van der Waals surface area (Å²) in [7, 11) is 0. The third kappa shape index (κ3) is 2.86. The van der Waals surface area contributed by atoms with Gasteiger partial charge in [-0.2, -0.15) is 15.0 Å². The van der Waals surface area contributed by atoms with Gasteiger partial charge in [0, 0.05) is 32.3 Å². The average Bonchev–Trinajstić information content (AvgIpc) is 3.11. The lowest BCUT2D eigenvalue weighted by molar-refractivity contribution is 0.0784. The predicted octanol–water partition coefficient (Wildman–Crippen LogP) is 0.413. The molecule has 2 aliphatic rings. The van der Waals surface area contributed by atoms with E-state index < -0.39 is 0 Å². The maximum atomic E-state index is 12.2. The first-order chi connectivity index (χ1) is 9.33. The molecule has 0 aromatic carbocycles. The van der Waals surface area contributed by atoms with E-state index in [1.54, 1.807) is 17.2 Å². The molecule has 2 aliphatic heterocycles. The van der Waals surface area contributed by atoms with Crippen molar-refractivity contribution in [2.45, 2.75) is 31.3 Å². The van der Waals surface area contributed by atoms with Gasteiger partial charge in [0.1, 0.15) is 0 Å². The first-order valence-electron chi connectivity index (χ1n) is 6.82. The average molecular weight is 265 g/mol. The summed E-state index contributed by atoms with van der Waals surface area (Å²) in [6.45, 7) is 2.93. The number of nitrogens with one attached hydrogen (secondary N) is 1. The van der Waals surface area contributed by atoms with E-state index in [0.29, 0.717) is 6.54 Å². The molecule has 0 radical (unpaired) electrons. The smallest absolute Gasteiger partial charge is 0.317 e. The summed E-state index contributed by atoms with van der Waals surface area (Å²) < 4.78 is 5.29. The van der Waals surface area contributed by atoms with E-state index in [2.05, 4.69) is 15.5 Å². The lowest BCUT2D eigenvalue weighted by Crippen LogP contribution is -2.46. The van der Waals surface area contributed by atoms with E-state index in [4.69, 9.17) is 4.74 Å². The highest BCUT2D eigenvalue weighted by atomic mass is 16.5. The molecule has 1 aromatic heterocycles. The minimum Gasteiger partial charge on any atom is -0.381 e. The number of rotatable bonds is 2. The Morgan fingerprint density at radius 3 is 2.68 bits per heavy atom. The molecular weight excluding hydrogens is 246 g/mol. The van der Waals surface area contributed by atoms with Crippen LogP contribution in [0.4, 0.5) is 4.79 Å². The molecule has 1 atom stereocenters. The first kappa shape index (κ1) is 12.4. The fourth-order valence-electron chi connectivity index (χ4n) is 2.64. The molecule has 1 unspecified atom stereocenters. The molecule has 0 aliphatic carbocycles. The van der Waals surface area contributed by atoms with Crippen LogP contribution in [0.1, 0.15) is 25.3 Å². The third-order valence-electron chi connectivity index (χ3n) is 3.76. The van der Waals surface area contributed by atoms with Gasteiger partial charge in [-0.1, -0.05) is 0 Å². The zero-order valence-corrected chi connectivity index (χ0v) is 10.9. The van der Waals surface area contributed by atoms with E-state index in [0.717, 1.165) is 39.0 Å². The minimum atomic E-state index is 0.0292. The summed E-state index contributed by atoms with van der Waals surface area (Å²) >= 11 is 0. The van der Waals surface area contributed by atoms with E-state index in [1.165, 1.54) is 0 Å². The number of hydrogen-bond acceptors (Lipinski definition) is 4. The molecule has 2 amide bonds. The molecule has 19 heavy (non-hydrogen) atoms. The van der Waals surface area contributed by atoms with Crippen molar-refractivity contribution in [3.8, 4) is 0 Å². The summed E-state index contributed by atoms with van der Waals surface area (Å²) in [5.41, 5.74) is 0. The molecule has 1 N–H and O–H groups in total. The maximum absolute atomic E-state index is 12.2. The lowest BCUT2D eigenvalue weighted by atomic mass is 10.1. The predicted molar refractivity (Wildman–Crippen MR) is 67.6 cm³/mol. The van der Waals surface area contributed by atoms with Gasteiger partial charge in [-0.25, -0.2) is 4.79 Å². The van der Waals surface area contributed by atoms with Gasteiger partial charge in [0.05, 0.1) is 18.4 Å². The van der Waals surface area contributed by atoms with Crippen LogP contribution in [0.5, 0.6) is 0 Å². The van der Waals surface area contributed by atoms with Crippen molar-refractivity contribution in [1.29, 1.82) is 0 Å². The Morgan fingerprint density at radius 1 is 1.21 bits per heavy atom. The Morgan fingerprint density at radius 2 is 1.95 bits per heavy atom. The van der Waals surface area contributed by atoms with Gasteiger partial charge in [-0.3, -0.25) is 0 Å². The fraction of sp³-hybridized carbons (Fsp3) is 0.750. The molecule has 1 aromatic rings. The molecule has 2 saturated heterocycles. The van der Waals surface area contributed by atoms with Crippen molar-refractivity contribution < 1.29 is 9.53 Å². The van der Waals surface area contributed by atoms with Gasteiger partial charge >= 0.3 is 6.03 Å². The van der Waals surface area contributed by atoms with Crippen LogP contribution in [0.25, 0.3) is 0 Å². The Labute approximate surface area is 111 Å². The summed E-state index contributed by atoms with van der Waals surface area (Å²) in [6, 6.07) is 0.486. The Balaban J connectivity index is 1.51. The molecule has 0 bridgehead atoms. The van der Waals surface area contributed by atoms with Crippen LogP contribution in [-0.2, 0) is 4.74 Å². The van der Waals surface area contributed by atoms with Crippen LogP contribution in [0.15, 0.2) is 12.4 Å². The van der Waals surface area contributed by atoms with Gasteiger partial charge in [0.15, 0.2) is 0 Å². The number of carbonyl (C=O) groups excluding carboxylic acids is 1. The minimum absolute atomic E-state index is 0.0292. The molecule has 0 spiro atoms. The molecule has 3 heterocycles. The zero-order valence-electron chi connectivity index (χ0n) is 10.9. The number of hydrogen-bond donors (Lipinski definition) is 1. The van der Waals surface area contributed by atoms with Gasteiger partial charge in [0.25, 0.3) is 0 Å². The second-order valence-electron chi connectivity index (χ2n) is 5.07. The number of aromatic nitrogens is 3. The normalized spacial score (nSPS) is 24.6. The van der Waals surface area contributed by atoms with Crippen LogP contribution in [0.2, 0.25) is 0 Å². The van der Waals surface area contributed by atoms with Crippen LogP contribution >= 0.6 is 0 Å². The summed E-state index contributed by atoms with van der Waals surface area (Å²) in [6.07, 6.45) is 6.07. The van der Waals surface area contributed by atoms with Crippen LogP contribution in [-0.4, -0.2) is 58.3 Å². The zero-order chi connectivity index (χ0) is 13.1. The molecule has 7 heteroatoms. The highest BCUT2D eigenvalue weighted by Gasteiger charge is 2.29. The monoisotopic (exact) mass is 265 g/mol. The van der Waals surface area contributed by atoms with Crippen molar-refractivity contribution in [3.63, 3.8) is 0 Å². The Hall–Kier alpha value is -1.63. The molecule has 3 rings (SSSR count). The molecule has 7 nitrogen and oxygen atoms in total. The highest BCUT2D eigenvalue weighted by Crippen LogP contribution is 2.20. The molecular formula is C12H19N5O2. The standard InChI is InChI=1S/C12H19N5O2/c18-12(15-10-2-7-19-8-3-10)16-6-1-11(9-16)17-13-4-5-14-17/h4-5,10-11H,1-3,6-9H2,(H,15,18). The van der Waals surface area contributed by atoms with Gasteiger partial charge < -0.3 is 15.0 Å². The summed E-state index contributed by atoms with van der Waals surface area (Å²) in [5, 5.41) is 11.4. The van der Waals surface area contributed by atoms with Crippen molar-refractivity contribution in [3.05, 3.63) is 12.4 Å². The number of amides is 2. The largest absolute Gasteiger partial charge is 0.381 e. The summed E-state index contributed by atoms with van der Waals surface area (Å²) in [5.74, 6) is 0. The van der Waals surface area contributed by atoms with E-state index in [9.17, 15) is 4.79 Å². The molecule has 0 saturated carbocycles. The number of ether oxygens (including phenoxy) is 1. The van der Waals surface area contributed by atoms with Gasteiger partial charge in [0.2, 0.25) is 0 Å². The molecule has 2 fully saturated rings. The topological polar surface area (TPSA) is 72.3 Å². The van der Waals surface area contributed by atoms with E-state index >= 15 is 0 Å². The van der Waals surface area contributed by atoms with Gasteiger partial charge in [-0.05, 0) is 19.3 Å². The second-order valence-corrected chi connectivity index (χ2v) is 5.07. The number of likely N-dealkylation sites (tertiary alicyclic amines) is 1. The van der Waals surface area contributed by atoms with E-state index in [-0.39, 0.29) is 18.1 Å². The number of carbonyl (C=O) groups is 1. The quantitative estimate of drug-likeness (QED) is 0.841. The van der Waals surface area contributed by atoms with Crippen LogP contribution in [0.3, 0.4) is 0 Å². The number of urea groups is 1. The van der Waals surface area contributed by atoms with E-state index in [1.807, 2.05) is 4.90 Å².